The van der Waals surface area contributed by atoms with Crippen molar-refractivity contribution in [2.24, 2.45) is 5.92 Å². The molecular formula is C17H17N5O3. The van der Waals surface area contributed by atoms with Crippen LogP contribution in [0.1, 0.15) is 28.3 Å². The summed E-state index contributed by atoms with van der Waals surface area (Å²) >= 11 is 0. The maximum atomic E-state index is 11.7. The van der Waals surface area contributed by atoms with Gasteiger partial charge >= 0.3 is 12.0 Å². The SMILES string of the molecule is CNC(=O)n1ccc(N2CC3CC3c3cc(C(=O)O)cnc32)cc1=N. The average Bonchev–Trinajstić information content (AvgIpc) is 3.39. The molecule has 1 saturated carbocycles. The smallest absolute Gasteiger partial charge is 0.337 e. The van der Waals surface area contributed by atoms with Crippen LogP contribution in [0.3, 0.4) is 0 Å². The van der Waals surface area contributed by atoms with Gasteiger partial charge in [-0.2, -0.15) is 0 Å². The Morgan fingerprint density at radius 3 is 2.88 bits per heavy atom. The summed E-state index contributed by atoms with van der Waals surface area (Å²) in [5, 5.41) is 19.8. The minimum atomic E-state index is -0.982. The number of carbonyl (C=O) groups is 2. The number of pyridine rings is 2. The number of aromatic carboxylic acids is 1. The number of amides is 1. The minimum absolute atomic E-state index is 0.0680. The fourth-order valence-corrected chi connectivity index (χ4v) is 3.42. The Morgan fingerprint density at radius 2 is 2.20 bits per heavy atom. The zero-order valence-electron chi connectivity index (χ0n) is 13.6. The lowest BCUT2D eigenvalue weighted by molar-refractivity contribution is 0.0696. The number of nitrogens with one attached hydrogen (secondary N) is 2. The van der Waals surface area contributed by atoms with E-state index in [1.165, 1.54) is 17.8 Å². The summed E-state index contributed by atoms with van der Waals surface area (Å²) in [7, 11) is 1.51. The highest BCUT2D eigenvalue weighted by molar-refractivity contribution is 5.88. The van der Waals surface area contributed by atoms with Crippen LogP contribution in [0.4, 0.5) is 16.3 Å². The molecular weight excluding hydrogens is 322 g/mol. The van der Waals surface area contributed by atoms with E-state index in [1.807, 2.05) is 4.90 Å². The number of nitrogens with zero attached hydrogens (tertiary/aromatic N) is 3. The van der Waals surface area contributed by atoms with Crippen LogP contribution in [0.25, 0.3) is 0 Å². The van der Waals surface area contributed by atoms with E-state index >= 15 is 0 Å². The van der Waals surface area contributed by atoms with Gasteiger partial charge in [0, 0.05) is 37.7 Å². The molecule has 8 heteroatoms. The quantitative estimate of drug-likeness (QED) is 0.768. The molecule has 1 fully saturated rings. The second-order valence-electron chi connectivity index (χ2n) is 6.35. The van der Waals surface area contributed by atoms with E-state index in [0.717, 1.165) is 30.0 Å². The molecule has 0 bridgehead atoms. The zero-order valence-corrected chi connectivity index (χ0v) is 13.6. The van der Waals surface area contributed by atoms with Crippen LogP contribution >= 0.6 is 0 Å². The first-order valence-electron chi connectivity index (χ1n) is 7.99. The predicted octanol–water partition coefficient (Wildman–Crippen LogP) is 1.50. The lowest BCUT2D eigenvalue weighted by Gasteiger charge is -2.30. The van der Waals surface area contributed by atoms with E-state index in [0.29, 0.717) is 11.8 Å². The summed E-state index contributed by atoms with van der Waals surface area (Å²) in [5.74, 6) is 0.595. The molecule has 4 rings (SSSR count). The van der Waals surface area contributed by atoms with Crippen molar-refractivity contribution in [1.82, 2.24) is 14.9 Å². The van der Waals surface area contributed by atoms with Crippen molar-refractivity contribution in [1.29, 1.82) is 5.41 Å². The Morgan fingerprint density at radius 1 is 1.40 bits per heavy atom. The van der Waals surface area contributed by atoms with Crippen LogP contribution in [-0.2, 0) is 0 Å². The van der Waals surface area contributed by atoms with Crippen LogP contribution in [-0.4, -0.2) is 40.3 Å². The number of carbonyl (C=O) groups excluding carboxylic acids is 1. The molecule has 3 N–H and O–H groups in total. The Balaban J connectivity index is 1.76. The first kappa shape index (κ1) is 15.4. The summed E-state index contributed by atoms with van der Waals surface area (Å²) in [6.07, 6.45) is 3.94. The van der Waals surface area contributed by atoms with Crippen molar-refractivity contribution < 1.29 is 14.7 Å². The monoisotopic (exact) mass is 339 g/mol. The average molecular weight is 339 g/mol. The molecule has 128 valence electrons. The van der Waals surface area contributed by atoms with E-state index in [-0.39, 0.29) is 17.1 Å². The van der Waals surface area contributed by atoms with E-state index in [1.54, 1.807) is 24.4 Å². The maximum Gasteiger partial charge on any atom is 0.337 e. The molecule has 0 radical (unpaired) electrons. The van der Waals surface area contributed by atoms with Crippen molar-refractivity contribution >= 4 is 23.5 Å². The zero-order chi connectivity index (χ0) is 17.7. The van der Waals surface area contributed by atoms with Gasteiger partial charge in [-0.05, 0) is 36.0 Å². The topological polar surface area (TPSA) is 111 Å². The van der Waals surface area contributed by atoms with Gasteiger partial charge in [-0.25, -0.2) is 14.6 Å². The van der Waals surface area contributed by atoms with Crippen molar-refractivity contribution in [2.75, 3.05) is 18.5 Å². The highest BCUT2D eigenvalue weighted by atomic mass is 16.4. The largest absolute Gasteiger partial charge is 0.478 e. The first-order valence-corrected chi connectivity index (χ1v) is 7.99. The Hall–Kier alpha value is -3.16. The van der Waals surface area contributed by atoms with Crippen LogP contribution < -0.4 is 15.7 Å². The molecule has 0 aromatic carbocycles. The van der Waals surface area contributed by atoms with E-state index in [4.69, 9.17) is 5.41 Å². The first-order chi connectivity index (χ1) is 12.0. The van der Waals surface area contributed by atoms with Gasteiger partial charge in [0.1, 0.15) is 11.3 Å². The third-order valence-corrected chi connectivity index (χ3v) is 4.82. The molecule has 1 aliphatic carbocycles. The highest BCUT2D eigenvalue weighted by Gasteiger charge is 2.46. The van der Waals surface area contributed by atoms with Gasteiger partial charge in [0.2, 0.25) is 0 Å². The number of carboxylic acid groups (broad SMARTS) is 1. The van der Waals surface area contributed by atoms with Crippen LogP contribution in [0.2, 0.25) is 0 Å². The van der Waals surface area contributed by atoms with E-state index < -0.39 is 5.97 Å². The molecule has 25 heavy (non-hydrogen) atoms. The molecule has 2 aromatic rings. The van der Waals surface area contributed by atoms with Gasteiger partial charge in [0.25, 0.3) is 0 Å². The molecule has 1 aliphatic heterocycles. The third kappa shape index (κ3) is 2.46. The molecule has 2 unspecified atom stereocenters. The van der Waals surface area contributed by atoms with Crippen molar-refractivity contribution in [3.8, 4) is 0 Å². The lowest BCUT2D eigenvalue weighted by atomic mass is 10.0. The number of hydrogen-bond acceptors (Lipinski definition) is 5. The standard InChI is InChI=1S/C17H17N5O3/c1-19-17(25)21-3-2-11(6-14(21)18)22-8-10-5-12(10)13-4-9(16(23)24)7-20-15(13)22/h2-4,6-7,10,12,18H,5,8H2,1H3,(H,19,25)(H,23,24). The Kier molecular flexibility index (Phi) is 3.34. The Bertz CT molecular complexity index is 952. The second-order valence-corrected chi connectivity index (χ2v) is 6.35. The molecule has 0 saturated heterocycles. The second kappa shape index (κ2) is 5.44. The van der Waals surface area contributed by atoms with Gasteiger partial charge in [-0.1, -0.05) is 0 Å². The lowest BCUT2D eigenvalue weighted by Crippen LogP contribution is -2.34. The normalized spacial score (nSPS) is 20.4. The third-order valence-electron chi connectivity index (χ3n) is 4.82. The van der Waals surface area contributed by atoms with Crippen molar-refractivity contribution in [3.05, 3.63) is 47.2 Å². The van der Waals surface area contributed by atoms with Gasteiger partial charge in [0.15, 0.2) is 0 Å². The maximum absolute atomic E-state index is 11.7. The molecule has 1 amide bonds. The minimum Gasteiger partial charge on any atom is -0.478 e. The number of rotatable bonds is 2. The summed E-state index contributed by atoms with van der Waals surface area (Å²) in [5.41, 5.74) is 1.98. The van der Waals surface area contributed by atoms with Crippen molar-refractivity contribution in [3.63, 3.8) is 0 Å². The number of aromatic nitrogens is 2. The predicted molar refractivity (Wildman–Crippen MR) is 89.2 cm³/mol. The summed E-state index contributed by atoms with van der Waals surface area (Å²) in [6, 6.07) is 4.72. The van der Waals surface area contributed by atoms with Gasteiger partial charge in [-0.15, -0.1) is 0 Å². The molecule has 3 heterocycles. The Labute approximate surface area is 143 Å². The van der Waals surface area contributed by atoms with Crippen molar-refractivity contribution in [2.45, 2.75) is 12.3 Å². The molecule has 2 aliphatic rings. The number of hydrogen-bond donors (Lipinski definition) is 3. The van der Waals surface area contributed by atoms with E-state index in [2.05, 4.69) is 10.3 Å². The van der Waals surface area contributed by atoms with Gasteiger partial charge in [-0.3, -0.25) is 9.98 Å². The number of carboxylic acids is 1. The fourth-order valence-electron chi connectivity index (χ4n) is 3.42. The fraction of sp³-hybridized carbons (Fsp3) is 0.294. The molecule has 2 aromatic heterocycles. The van der Waals surface area contributed by atoms with Crippen LogP contribution in [0.15, 0.2) is 30.6 Å². The van der Waals surface area contributed by atoms with Crippen LogP contribution in [0, 0.1) is 11.3 Å². The summed E-state index contributed by atoms with van der Waals surface area (Å²) < 4.78 is 1.22. The molecule has 0 spiro atoms. The highest BCUT2D eigenvalue weighted by Crippen LogP contribution is 2.55. The number of fused-ring (bicyclic) bond motifs is 3. The summed E-state index contributed by atoms with van der Waals surface area (Å²) in [6.45, 7) is 0.778. The van der Waals surface area contributed by atoms with Crippen LogP contribution in [0.5, 0.6) is 0 Å². The summed E-state index contributed by atoms with van der Waals surface area (Å²) in [4.78, 5) is 29.3. The molecule has 2 atom stereocenters. The van der Waals surface area contributed by atoms with Gasteiger partial charge in [0.05, 0.1) is 5.56 Å². The molecule has 8 nitrogen and oxygen atoms in total. The van der Waals surface area contributed by atoms with Gasteiger partial charge < -0.3 is 15.3 Å². The van der Waals surface area contributed by atoms with E-state index in [9.17, 15) is 14.7 Å². The number of anilines is 2.